The Kier molecular flexibility index (Phi) is 10.3. The van der Waals surface area contributed by atoms with Gasteiger partial charge >= 0.3 is 18.2 Å². The van der Waals surface area contributed by atoms with Crippen molar-refractivity contribution in [2.24, 2.45) is 0 Å². The number of aliphatic carboxylic acids is 1. The smallest absolute Gasteiger partial charge is 0.420 e. The van der Waals surface area contributed by atoms with Crippen LogP contribution in [-0.4, -0.2) is 36.7 Å². The van der Waals surface area contributed by atoms with E-state index in [4.69, 9.17) is 9.84 Å². The number of carboxylic acids is 1. The fraction of sp³-hybridized carbons (Fsp3) is 0.344. The zero-order valence-electron chi connectivity index (χ0n) is 23.7. The minimum absolute atomic E-state index is 0.0118. The molecule has 1 aliphatic rings. The molecule has 0 unspecified atom stereocenters. The molecule has 43 heavy (non-hydrogen) atoms. The Labute approximate surface area is 247 Å². The number of methoxy groups -OCH3 is 1. The molecule has 0 bridgehead atoms. The Morgan fingerprint density at radius 2 is 1.63 bits per heavy atom. The fourth-order valence-corrected chi connectivity index (χ4v) is 5.17. The Bertz CT molecular complexity index is 1420. The molecule has 0 aromatic heterocycles. The molecule has 3 aromatic rings. The average Bonchev–Trinajstić information content (AvgIpc) is 3.00. The van der Waals surface area contributed by atoms with E-state index in [2.05, 4.69) is 10.6 Å². The van der Waals surface area contributed by atoms with Crippen molar-refractivity contribution < 1.29 is 37.4 Å². The molecular weight excluding hydrogens is 563 g/mol. The maximum atomic E-state index is 13.6. The van der Waals surface area contributed by atoms with Crippen molar-refractivity contribution in [3.05, 3.63) is 89.0 Å². The van der Waals surface area contributed by atoms with Gasteiger partial charge in [0.2, 0.25) is 0 Å². The molecule has 0 spiro atoms. The van der Waals surface area contributed by atoms with Gasteiger partial charge in [0.05, 0.1) is 25.6 Å². The molecule has 0 atom stereocenters. The molecule has 3 amide bonds. The highest BCUT2D eigenvalue weighted by Crippen LogP contribution is 2.38. The van der Waals surface area contributed by atoms with E-state index in [0.29, 0.717) is 22.7 Å². The number of nitrogens with zero attached hydrogens (tertiary/aromatic N) is 1. The highest BCUT2D eigenvalue weighted by molar-refractivity contribution is 6.02. The van der Waals surface area contributed by atoms with Crippen LogP contribution >= 0.6 is 0 Å². The summed E-state index contributed by atoms with van der Waals surface area (Å²) in [5.41, 5.74) is 1.67. The summed E-state index contributed by atoms with van der Waals surface area (Å²) in [6, 6.07) is 16.8. The van der Waals surface area contributed by atoms with Crippen LogP contribution in [0.4, 0.5) is 29.3 Å². The number of benzene rings is 3. The summed E-state index contributed by atoms with van der Waals surface area (Å²) in [7, 11) is 1.15. The predicted octanol–water partition coefficient (Wildman–Crippen LogP) is 7.20. The maximum absolute atomic E-state index is 13.6. The second-order valence-corrected chi connectivity index (χ2v) is 10.5. The van der Waals surface area contributed by atoms with Crippen molar-refractivity contribution in [2.75, 3.05) is 23.9 Å². The molecule has 8 nitrogen and oxygen atoms in total. The molecule has 0 aliphatic heterocycles. The highest BCUT2D eigenvalue weighted by atomic mass is 19.4. The number of amides is 3. The SMILES string of the molecule is COc1ccc(NC(=O)N(Cc2ccc(C(=O)NCCC(=O)O)cc2)c2ccc(C3CCCCC3)cc2)cc1C(F)(F)F. The standard InChI is InChI=1S/C32H34F3N3O5/c1-43-28-16-13-25(19-27(28)32(33,34)35)37-31(42)38(26-14-11-23(12-15-26)22-5-3-2-4-6-22)20-21-7-9-24(10-8-21)30(41)36-18-17-29(39)40/h7-16,19,22H,2-6,17-18,20H2,1H3,(H,36,41)(H,37,42)(H,39,40). The number of hydrogen-bond donors (Lipinski definition) is 3. The van der Waals surface area contributed by atoms with E-state index in [0.717, 1.165) is 32.1 Å². The number of carbonyl (C=O) groups is 3. The van der Waals surface area contributed by atoms with E-state index in [1.165, 1.54) is 35.8 Å². The average molecular weight is 598 g/mol. The summed E-state index contributed by atoms with van der Waals surface area (Å²) >= 11 is 0. The molecule has 3 aromatic carbocycles. The van der Waals surface area contributed by atoms with Gasteiger partial charge in [-0.3, -0.25) is 14.5 Å². The summed E-state index contributed by atoms with van der Waals surface area (Å²) in [6.45, 7) is 0.0555. The van der Waals surface area contributed by atoms with Gasteiger partial charge in [-0.15, -0.1) is 0 Å². The van der Waals surface area contributed by atoms with Gasteiger partial charge in [-0.05, 0) is 72.4 Å². The molecule has 1 aliphatic carbocycles. The molecule has 1 saturated carbocycles. The third kappa shape index (κ3) is 8.50. The van der Waals surface area contributed by atoms with E-state index in [1.54, 1.807) is 24.3 Å². The highest BCUT2D eigenvalue weighted by Gasteiger charge is 2.35. The van der Waals surface area contributed by atoms with Crippen molar-refractivity contribution in [3.8, 4) is 5.75 Å². The molecule has 0 heterocycles. The zero-order chi connectivity index (χ0) is 31.0. The van der Waals surface area contributed by atoms with Gasteiger partial charge in [0.15, 0.2) is 0 Å². The Balaban J connectivity index is 1.57. The molecule has 3 N–H and O–H groups in total. The van der Waals surface area contributed by atoms with Gasteiger partial charge in [0.25, 0.3) is 5.91 Å². The van der Waals surface area contributed by atoms with Crippen LogP contribution in [0.15, 0.2) is 66.7 Å². The third-order valence-corrected chi connectivity index (χ3v) is 7.46. The number of nitrogens with one attached hydrogen (secondary N) is 2. The number of carbonyl (C=O) groups excluding carboxylic acids is 2. The molecule has 0 saturated heterocycles. The topological polar surface area (TPSA) is 108 Å². The Morgan fingerprint density at radius 1 is 0.953 bits per heavy atom. The van der Waals surface area contributed by atoms with Gasteiger partial charge in [-0.25, -0.2) is 4.79 Å². The van der Waals surface area contributed by atoms with Crippen LogP contribution in [0.2, 0.25) is 0 Å². The zero-order valence-corrected chi connectivity index (χ0v) is 23.7. The van der Waals surface area contributed by atoms with Crippen molar-refractivity contribution >= 4 is 29.3 Å². The second-order valence-electron chi connectivity index (χ2n) is 10.5. The summed E-state index contributed by atoms with van der Waals surface area (Å²) in [6.07, 6.45) is 0.922. The quantitative estimate of drug-likeness (QED) is 0.229. The summed E-state index contributed by atoms with van der Waals surface area (Å²) in [5, 5.41) is 13.9. The van der Waals surface area contributed by atoms with E-state index in [1.807, 2.05) is 24.3 Å². The van der Waals surface area contributed by atoms with Crippen LogP contribution in [0.1, 0.15) is 71.5 Å². The number of hydrogen-bond acceptors (Lipinski definition) is 4. The van der Waals surface area contributed by atoms with Crippen molar-refractivity contribution in [1.82, 2.24) is 5.32 Å². The first-order valence-electron chi connectivity index (χ1n) is 14.1. The van der Waals surface area contributed by atoms with Crippen LogP contribution in [0.3, 0.4) is 0 Å². The lowest BCUT2D eigenvalue weighted by Crippen LogP contribution is -2.34. The molecular formula is C32H34F3N3O5. The number of alkyl halides is 3. The minimum Gasteiger partial charge on any atom is -0.496 e. The van der Waals surface area contributed by atoms with E-state index in [9.17, 15) is 27.6 Å². The number of carboxylic acid groups (broad SMARTS) is 1. The first-order chi connectivity index (χ1) is 20.5. The van der Waals surface area contributed by atoms with Crippen LogP contribution in [-0.2, 0) is 17.5 Å². The molecule has 4 rings (SSSR count). The van der Waals surface area contributed by atoms with Gasteiger partial charge < -0.3 is 20.5 Å². The van der Waals surface area contributed by atoms with Gasteiger partial charge in [-0.2, -0.15) is 13.2 Å². The lowest BCUT2D eigenvalue weighted by Gasteiger charge is -2.26. The maximum Gasteiger partial charge on any atom is 0.420 e. The van der Waals surface area contributed by atoms with Crippen molar-refractivity contribution in [3.63, 3.8) is 0 Å². The normalized spacial score (nSPS) is 13.7. The van der Waals surface area contributed by atoms with Crippen LogP contribution < -0.4 is 20.3 Å². The van der Waals surface area contributed by atoms with E-state index >= 15 is 0 Å². The summed E-state index contributed by atoms with van der Waals surface area (Å²) < 4.78 is 45.6. The van der Waals surface area contributed by atoms with Crippen molar-refractivity contribution in [1.29, 1.82) is 0 Å². The number of rotatable bonds is 10. The second kappa shape index (κ2) is 14.1. The molecule has 1 fully saturated rings. The van der Waals surface area contributed by atoms with Gasteiger partial charge in [-0.1, -0.05) is 43.5 Å². The van der Waals surface area contributed by atoms with E-state index < -0.39 is 29.6 Å². The lowest BCUT2D eigenvalue weighted by molar-refractivity contribution is -0.139. The number of urea groups is 1. The van der Waals surface area contributed by atoms with Gasteiger partial charge in [0.1, 0.15) is 5.75 Å². The largest absolute Gasteiger partial charge is 0.496 e. The lowest BCUT2D eigenvalue weighted by atomic mass is 9.84. The van der Waals surface area contributed by atoms with E-state index in [-0.39, 0.29) is 30.9 Å². The number of halogens is 3. The van der Waals surface area contributed by atoms with Crippen LogP contribution in [0.5, 0.6) is 5.75 Å². The third-order valence-electron chi connectivity index (χ3n) is 7.46. The molecule has 11 heteroatoms. The molecule has 0 radical (unpaired) electrons. The summed E-state index contributed by atoms with van der Waals surface area (Å²) in [5.74, 6) is -1.35. The number of ether oxygens (including phenoxy) is 1. The fourth-order valence-electron chi connectivity index (χ4n) is 5.17. The van der Waals surface area contributed by atoms with Crippen LogP contribution in [0, 0.1) is 0 Å². The van der Waals surface area contributed by atoms with Crippen LogP contribution in [0.25, 0.3) is 0 Å². The predicted molar refractivity (Wildman–Crippen MR) is 156 cm³/mol. The van der Waals surface area contributed by atoms with Gasteiger partial charge in [0, 0.05) is 23.5 Å². The Morgan fingerprint density at radius 3 is 2.23 bits per heavy atom. The summed E-state index contributed by atoms with van der Waals surface area (Å²) in [4.78, 5) is 38.0. The first kappa shape index (κ1) is 31.4. The minimum atomic E-state index is -4.68. The first-order valence-corrected chi connectivity index (χ1v) is 14.1. The van der Waals surface area contributed by atoms with Crippen molar-refractivity contribution in [2.45, 2.75) is 57.2 Å². The number of anilines is 2. The molecule has 228 valence electrons. The Hall–Kier alpha value is -4.54. The monoisotopic (exact) mass is 597 g/mol.